The number of ether oxygens (including phenoxy) is 2. The van der Waals surface area contributed by atoms with Crippen LogP contribution in [0, 0.1) is 5.92 Å². The first-order valence-electron chi connectivity index (χ1n) is 9.53. The lowest BCUT2D eigenvalue weighted by atomic mass is 9.89. The van der Waals surface area contributed by atoms with Gasteiger partial charge in [0.25, 0.3) is 0 Å². The molecular weight excluding hydrogens is 368 g/mol. The molecule has 1 aliphatic carbocycles. The van der Waals surface area contributed by atoms with Crippen LogP contribution in [0.1, 0.15) is 39.0 Å². The fourth-order valence-electron chi connectivity index (χ4n) is 3.76. The third-order valence-corrected chi connectivity index (χ3v) is 6.40. The number of benzene rings is 1. The van der Waals surface area contributed by atoms with Crippen LogP contribution in [0.25, 0.3) is 0 Å². The molecule has 1 aliphatic heterocycles. The molecule has 1 aromatic carbocycles. The van der Waals surface area contributed by atoms with E-state index >= 15 is 0 Å². The Morgan fingerprint density at radius 2 is 1.85 bits per heavy atom. The van der Waals surface area contributed by atoms with Crippen LogP contribution in [0.4, 0.5) is 5.69 Å². The van der Waals surface area contributed by atoms with Crippen molar-refractivity contribution in [3.05, 3.63) is 18.2 Å². The number of hydrogen-bond donors (Lipinski definition) is 1. The fraction of sp³-hybridized carbons (Fsp3) is 0.632. The zero-order valence-electron chi connectivity index (χ0n) is 15.9. The van der Waals surface area contributed by atoms with Crippen molar-refractivity contribution in [2.24, 2.45) is 5.92 Å². The van der Waals surface area contributed by atoms with E-state index in [9.17, 15) is 13.2 Å². The summed E-state index contributed by atoms with van der Waals surface area (Å²) in [5.74, 6) is 1.26. The lowest BCUT2D eigenvalue weighted by Crippen LogP contribution is -2.48. The fourth-order valence-corrected chi connectivity index (χ4v) is 4.93. The highest BCUT2D eigenvalue weighted by molar-refractivity contribution is 7.92. The van der Waals surface area contributed by atoms with Crippen molar-refractivity contribution in [1.82, 2.24) is 5.32 Å². The Morgan fingerprint density at radius 3 is 2.52 bits per heavy atom. The molecule has 0 unspecified atom stereocenters. The van der Waals surface area contributed by atoms with Crippen molar-refractivity contribution in [3.63, 3.8) is 0 Å². The minimum absolute atomic E-state index is 0.291. The Balaban J connectivity index is 1.75. The van der Waals surface area contributed by atoms with Crippen molar-refractivity contribution in [2.45, 2.75) is 45.1 Å². The van der Waals surface area contributed by atoms with Crippen LogP contribution in [0.15, 0.2) is 18.2 Å². The van der Waals surface area contributed by atoms with Crippen molar-refractivity contribution in [2.75, 3.05) is 30.3 Å². The molecule has 7 nitrogen and oxygen atoms in total. The standard InChI is InChI=1S/C19H28N2O5S/c1-14(19(22)20-13-15-6-4-3-5-7-15)21(27(2,23)24)16-8-9-17-18(12-16)26-11-10-25-17/h8-9,12,14-15H,3-7,10-11,13H2,1-2H3,(H,20,22)/t14-/m0/s1. The number of fused-ring (bicyclic) bond motifs is 1. The molecule has 150 valence electrons. The van der Waals surface area contributed by atoms with E-state index in [-0.39, 0.29) is 5.91 Å². The summed E-state index contributed by atoms with van der Waals surface area (Å²) < 4.78 is 37.0. The predicted octanol–water partition coefficient (Wildman–Crippen LogP) is 2.31. The average molecular weight is 397 g/mol. The van der Waals surface area contributed by atoms with Gasteiger partial charge in [0.05, 0.1) is 11.9 Å². The van der Waals surface area contributed by atoms with Crippen LogP contribution in [0.5, 0.6) is 11.5 Å². The minimum atomic E-state index is -3.66. The van der Waals surface area contributed by atoms with E-state index < -0.39 is 16.1 Å². The van der Waals surface area contributed by atoms with E-state index in [1.807, 2.05) is 0 Å². The molecule has 1 fully saturated rings. The number of hydrogen-bond acceptors (Lipinski definition) is 5. The Hall–Kier alpha value is -1.96. The summed E-state index contributed by atoms with van der Waals surface area (Å²) in [6.45, 7) is 3.07. The summed E-state index contributed by atoms with van der Waals surface area (Å²) in [6, 6.07) is 4.07. The monoisotopic (exact) mass is 396 g/mol. The number of carbonyl (C=O) groups is 1. The highest BCUT2D eigenvalue weighted by Gasteiger charge is 2.30. The SMILES string of the molecule is C[C@@H](C(=O)NCC1CCCCC1)N(c1ccc2c(c1)OCCO2)S(C)(=O)=O. The smallest absolute Gasteiger partial charge is 0.243 e. The molecule has 1 saturated carbocycles. The van der Waals surface area contributed by atoms with Gasteiger partial charge >= 0.3 is 0 Å². The number of anilines is 1. The van der Waals surface area contributed by atoms with Crippen molar-refractivity contribution in [1.29, 1.82) is 0 Å². The van der Waals surface area contributed by atoms with Crippen LogP contribution in [-0.2, 0) is 14.8 Å². The molecule has 1 atom stereocenters. The number of nitrogens with zero attached hydrogens (tertiary/aromatic N) is 1. The summed E-state index contributed by atoms with van der Waals surface area (Å²) >= 11 is 0. The first kappa shape index (κ1) is 19.8. The third kappa shape index (κ3) is 4.86. The lowest BCUT2D eigenvalue weighted by Gasteiger charge is -2.30. The number of nitrogens with one attached hydrogen (secondary N) is 1. The van der Waals surface area contributed by atoms with Crippen molar-refractivity contribution < 1.29 is 22.7 Å². The Labute approximate surface area is 161 Å². The molecule has 2 aliphatic rings. The molecule has 1 amide bonds. The second-order valence-electron chi connectivity index (χ2n) is 7.31. The van der Waals surface area contributed by atoms with Gasteiger partial charge in [-0.3, -0.25) is 9.10 Å². The van der Waals surface area contributed by atoms with E-state index in [1.165, 1.54) is 19.3 Å². The molecule has 3 rings (SSSR count). The number of carbonyl (C=O) groups excluding carboxylic acids is 1. The summed E-state index contributed by atoms with van der Waals surface area (Å²) in [4.78, 5) is 12.7. The molecule has 0 radical (unpaired) electrons. The van der Waals surface area contributed by atoms with Gasteiger partial charge in [-0.15, -0.1) is 0 Å². The first-order chi connectivity index (χ1) is 12.9. The molecular formula is C19H28N2O5S. The van der Waals surface area contributed by atoms with Crippen LogP contribution in [0.2, 0.25) is 0 Å². The molecule has 0 spiro atoms. The van der Waals surface area contributed by atoms with Gasteiger partial charge in [0.1, 0.15) is 19.3 Å². The Morgan fingerprint density at radius 1 is 1.19 bits per heavy atom. The molecule has 0 saturated heterocycles. The second-order valence-corrected chi connectivity index (χ2v) is 9.17. The third-order valence-electron chi connectivity index (χ3n) is 5.16. The zero-order valence-corrected chi connectivity index (χ0v) is 16.8. The maximum atomic E-state index is 12.7. The van der Waals surface area contributed by atoms with Gasteiger partial charge in [-0.25, -0.2) is 8.42 Å². The van der Waals surface area contributed by atoms with Crippen molar-refractivity contribution in [3.8, 4) is 11.5 Å². The van der Waals surface area contributed by atoms with Crippen molar-refractivity contribution >= 4 is 21.6 Å². The van der Waals surface area contributed by atoms with Crippen LogP contribution < -0.4 is 19.1 Å². The first-order valence-corrected chi connectivity index (χ1v) is 11.4. The zero-order chi connectivity index (χ0) is 19.4. The minimum Gasteiger partial charge on any atom is -0.486 e. The van der Waals surface area contributed by atoms with Gasteiger partial charge in [-0.1, -0.05) is 19.3 Å². The molecule has 8 heteroatoms. The molecule has 1 N–H and O–H groups in total. The van der Waals surface area contributed by atoms with Gasteiger partial charge in [0.15, 0.2) is 11.5 Å². The normalized spacial score (nSPS) is 18.6. The number of amides is 1. The summed E-state index contributed by atoms with van der Waals surface area (Å²) in [5, 5.41) is 2.94. The maximum Gasteiger partial charge on any atom is 0.243 e. The quantitative estimate of drug-likeness (QED) is 0.798. The van der Waals surface area contributed by atoms with E-state index in [1.54, 1.807) is 25.1 Å². The van der Waals surface area contributed by atoms with Gasteiger partial charge < -0.3 is 14.8 Å². The summed E-state index contributed by atoms with van der Waals surface area (Å²) in [6.07, 6.45) is 6.99. The second kappa shape index (κ2) is 8.37. The molecule has 27 heavy (non-hydrogen) atoms. The maximum absolute atomic E-state index is 12.7. The van der Waals surface area contributed by atoms with Crippen LogP contribution in [0.3, 0.4) is 0 Å². The summed E-state index contributed by atoms with van der Waals surface area (Å²) in [5.41, 5.74) is 0.391. The predicted molar refractivity (Wildman–Crippen MR) is 104 cm³/mol. The molecule has 1 heterocycles. The van der Waals surface area contributed by atoms with Crippen LogP contribution >= 0.6 is 0 Å². The van der Waals surface area contributed by atoms with E-state index in [0.717, 1.165) is 23.4 Å². The van der Waals surface area contributed by atoms with Gasteiger partial charge in [-0.05, 0) is 37.8 Å². The Bertz CT molecular complexity index is 774. The highest BCUT2D eigenvalue weighted by Crippen LogP contribution is 2.35. The molecule has 0 aromatic heterocycles. The molecule has 1 aromatic rings. The number of rotatable bonds is 6. The molecule has 0 bridgehead atoms. The average Bonchev–Trinajstić information content (AvgIpc) is 2.65. The van der Waals surface area contributed by atoms with E-state index in [0.29, 0.717) is 42.9 Å². The van der Waals surface area contributed by atoms with Gasteiger partial charge in [0.2, 0.25) is 15.9 Å². The Kier molecular flexibility index (Phi) is 6.14. The largest absolute Gasteiger partial charge is 0.486 e. The summed E-state index contributed by atoms with van der Waals surface area (Å²) in [7, 11) is -3.66. The van der Waals surface area contributed by atoms with Gasteiger partial charge in [-0.2, -0.15) is 0 Å². The van der Waals surface area contributed by atoms with E-state index in [2.05, 4.69) is 5.32 Å². The topological polar surface area (TPSA) is 84.9 Å². The lowest BCUT2D eigenvalue weighted by molar-refractivity contribution is -0.122. The highest BCUT2D eigenvalue weighted by atomic mass is 32.2. The number of sulfonamides is 1. The van der Waals surface area contributed by atoms with Crippen LogP contribution in [-0.4, -0.2) is 46.4 Å². The van der Waals surface area contributed by atoms with Gasteiger partial charge in [0, 0.05) is 12.6 Å². The van der Waals surface area contributed by atoms with E-state index in [4.69, 9.17) is 9.47 Å².